The third-order valence-corrected chi connectivity index (χ3v) is 7.81. The summed E-state index contributed by atoms with van der Waals surface area (Å²) in [6, 6.07) is 7.85. The van der Waals surface area contributed by atoms with Gasteiger partial charge in [-0.3, -0.25) is 9.59 Å². The van der Waals surface area contributed by atoms with Gasteiger partial charge in [0.15, 0.2) is 0 Å². The van der Waals surface area contributed by atoms with Crippen molar-refractivity contribution >= 4 is 30.1 Å². The van der Waals surface area contributed by atoms with Crippen LogP contribution in [0.1, 0.15) is 74.8 Å². The van der Waals surface area contributed by atoms with Gasteiger partial charge in [0.05, 0.1) is 22.5 Å². The van der Waals surface area contributed by atoms with Gasteiger partial charge in [-0.2, -0.15) is 0 Å². The minimum absolute atomic E-state index is 0.00158. The zero-order valence-corrected chi connectivity index (χ0v) is 20.8. The number of ether oxygens (including phenoxy) is 1. The highest BCUT2D eigenvalue weighted by Crippen LogP contribution is 2.38. The molecule has 0 radical (unpaired) electrons. The molecule has 4 heterocycles. The van der Waals surface area contributed by atoms with E-state index in [0.29, 0.717) is 6.54 Å². The zero-order valence-electron chi connectivity index (χ0n) is 20.8. The standard InChI is InChI=1S/C26H33BN2O5/c1-17(30)32-16-20-21(27-33-25(2,3)26(4,5)34-27)10-8-11-22(20)29-14-12-23-19(24(29)31)15-18-9-6-7-13-28(18)23/h8,10-11,15H,6-7,9,12-14,16H2,1-5H3. The fourth-order valence-corrected chi connectivity index (χ4v) is 5.22. The molecule has 34 heavy (non-hydrogen) atoms. The van der Waals surface area contributed by atoms with Crippen LogP contribution in [0, 0.1) is 0 Å². The van der Waals surface area contributed by atoms with Crippen LogP contribution < -0.4 is 10.4 Å². The lowest BCUT2D eigenvalue weighted by Crippen LogP contribution is -2.42. The van der Waals surface area contributed by atoms with Gasteiger partial charge in [0.25, 0.3) is 5.91 Å². The Hall–Kier alpha value is -2.58. The predicted octanol–water partition coefficient (Wildman–Crippen LogP) is 3.39. The van der Waals surface area contributed by atoms with Crippen LogP contribution in [-0.2, 0) is 44.8 Å². The van der Waals surface area contributed by atoms with E-state index in [-0.39, 0.29) is 18.5 Å². The molecule has 2 aromatic rings. The Morgan fingerprint density at radius 1 is 1.09 bits per heavy atom. The van der Waals surface area contributed by atoms with E-state index in [1.165, 1.54) is 19.0 Å². The number of carbonyl (C=O) groups excluding carboxylic acids is 2. The summed E-state index contributed by atoms with van der Waals surface area (Å²) in [7, 11) is -0.618. The molecule has 180 valence electrons. The number of rotatable bonds is 4. The fraction of sp³-hybridized carbons (Fsp3) is 0.538. The summed E-state index contributed by atoms with van der Waals surface area (Å²) in [4.78, 5) is 27.2. The maximum Gasteiger partial charge on any atom is 0.495 e. The molecule has 0 atom stereocenters. The van der Waals surface area contributed by atoms with Crippen molar-refractivity contribution in [3.63, 3.8) is 0 Å². The van der Waals surface area contributed by atoms with E-state index in [2.05, 4.69) is 10.6 Å². The Morgan fingerprint density at radius 2 is 1.82 bits per heavy atom. The van der Waals surface area contributed by atoms with Crippen LogP contribution in [0.15, 0.2) is 24.3 Å². The number of carbonyl (C=O) groups is 2. The van der Waals surface area contributed by atoms with Crippen molar-refractivity contribution < 1.29 is 23.6 Å². The summed E-state index contributed by atoms with van der Waals surface area (Å²) in [5.41, 5.74) is 4.47. The summed E-state index contributed by atoms with van der Waals surface area (Å²) >= 11 is 0. The molecule has 0 aliphatic carbocycles. The summed E-state index contributed by atoms with van der Waals surface area (Å²) < 4.78 is 20.4. The number of anilines is 1. The first kappa shape index (κ1) is 23.2. The number of esters is 1. The van der Waals surface area contributed by atoms with Gasteiger partial charge in [-0.15, -0.1) is 0 Å². The van der Waals surface area contributed by atoms with E-state index in [1.54, 1.807) is 0 Å². The Morgan fingerprint density at radius 3 is 2.53 bits per heavy atom. The average molecular weight is 464 g/mol. The van der Waals surface area contributed by atoms with Gasteiger partial charge in [0, 0.05) is 43.4 Å². The van der Waals surface area contributed by atoms with E-state index in [4.69, 9.17) is 14.0 Å². The molecular weight excluding hydrogens is 431 g/mol. The highest BCUT2D eigenvalue weighted by molar-refractivity contribution is 6.62. The van der Waals surface area contributed by atoms with Crippen molar-refractivity contribution in [2.24, 2.45) is 0 Å². The lowest BCUT2D eigenvalue weighted by atomic mass is 9.75. The first-order valence-corrected chi connectivity index (χ1v) is 12.2. The number of nitrogens with zero attached hydrogens (tertiary/aromatic N) is 2. The van der Waals surface area contributed by atoms with Crippen LogP contribution in [-0.4, -0.2) is 41.3 Å². The smallest absolute Gasteiger partial charge is 0.461 e. The number of amides is 1. The molecule has 1 aromatic heterocycles. The molecule has 8 heteroatoms. The number of hydrogen-bond donors (Lipinski definition) is 0. The second kappa shape index (κ2) is 8.27. The molecule has 7 nitrogen and oxygen atoms in total. The molecule has 3 aliphatic heterocycles. The maximum atomic E-state index is 13.7. The van der Waals surface area contributed by atoms with Crippen molar-refractivity contribution in [1.82, 2.24) is 4.57 Å². The molecule has 0 N–H and O–H groups in total. The van der Waals surface area contributed by atoms with Gasteiger partial charge in [-0.1, -0.05) is 12.1 Å². The predicted molar refractivity (Wildman–Crippen MR) is 130 cm³/mol. The van der Waals surface area contributed by atoms with Crippen LogP contribution in [0.25, 0.3) is 0 Å². The van der Waals surface area contributed by atoms with Crippen LogP contribution in [0.3, 0.4) is 0 Å². The summed E-state index contributed by atoms with van der Waals surface area (Å²) in [6.07, 6.45) is 4.16. The highest BCUT2D eigenvalue weighted by Gasteiger charge is 2.52. The third-order valence-electron chi connectivity index (χ3n) is 7.81. The lowest BCUT2D eigenvalue weighted by molar-refractivity contribution is -0.142. The van der Waals surface area contributed by atoms with Crippen molar-refractivity contribution in [1.29, 1.82) is 0 Å². The van der Waals surface area contributed by atoms with Crippen molar-refractivity contribution in [3.8, 4) is 0 Å². The minimum atomic E-state index is -0.618. The molecule has 1 fully saturated rings. The highest BCUT2D eigenvalue weighted by atomic mass is 16.7. The molecule has 0 saturated carbocycles. The summed E-state index contributed by atoms with van der Waals surface area (Å²) in [5, 5.41) is 0. The van der Waals surface area contributed by atoms with Gasteiger partial charge in [-0.05, 0) is 64.6 Å². The molecule has 0 bridgehead atoms. The maximum absolute atomic E-state index is 13.7. The van der Waals surface area contributed by atoms with Crippen LogP contribution >= 0.6 is 0 Å². The second-order valence-electron chi connectivity index (χ2n) is 10.5. The minimum Gasteiger partial charge on any atom is -0.461 e. The van der Waals surface area contributed by atoms with E-state index in [0.717, 1.165) is 53.8 Å². The second-order valence-corrected chi connectivity index (χ2v) is 10.5. The van der Waals surface area contributed by atoms with E-state index in [9.17, 15) is 9.59 Å². The van der Waals surface area contributed by atoms with Crippen molar-refractivity contribution in [2.45, 2.75) is 84.7 Å². The molecule has 0 unspecified atom stereocenters. The molecule has 5 rings (SSSR count). The number of aromatic nitrogens is 1. The monoisotopic (exact) mass is 464 g/mol. The Labute approximate surface area is 201 Å². The largest absolute Gasteiger partial charge is 0.495 e. The number of fused-ring (bicyclic) bond motifs is 3. The van der Waals surface area contributed by atoms with Gasteiger partial charge < -0.3 is 23.5 Å². The molecule has 0 spiro atoms. The quantitative estimate of drug-likeness (QED) is 0.513. The first-order chi connectivity index (χ1) is 16.1. The van der Waals surface area contributed by atoms with Gasteiger partial charge >= 0.3 is 13.1 Å². The first-order valence-electron chi connectivity index (χ1n) is 12.2. The Kier molecular flexibility index (Phi) is 5.64. The van der Waals surface area contributed by atoms with E-state index < -0.39 is 18.3 Å². The van der Waals surface area contributed by atoms with E-state index in [1.807, 2.05) is 50.8 Å². The van der Waals surface area contributed by atoms with Crippen molar-refractivity contribution in [3.05, 3.63) is 46.8 Å². The van der Waals surface area contributed by atoms with Crippen LogP contribution in [0.2, 0.25) is 0 Å². The third kappa shape index (κ3) is 3.77. The summed E-state index contributed by atoms with van der Waals surface area (Å²) in [6.45, 7) is 11.0. The molecule has 1 aromatic carbocycles. The van der Waals surface area contributed by atoms with Crippen molar-refractivity contribution in [2.75, 3.05) is 11.4 Å². The molecule has 1 saturated heterocycles. The molecular formula is C26H33BN2O5. The van der Waals surface area contributed by atoms with Gasteiger partial charge in [-0.25, -0.2) is 0 Å². The topological polar surface area (TPSA) is 70.0 Å². The average Bonchev–Trinajstić information content (AvgIpc) is 3.26. The summed E-state index contributed by atoms with van der Waals surface area (Å²) in [5.74, 6) is -0.375. The van der Waals surface area contributed by atoms with Crippen LogP contribution in [0.5, 0.6) is 0 Å². The SMILES string of the molecule is CC(=O)OCc1c(B2OC(C)(C)C(C)(C)O2)cccc1N1CCc2c(cc3n2CCCC3)C1=O. The van der Waals surface area contributed by atoms with E-state index >= 15 is 0 Å². The normalized spacial score (nSPS) is 20.8. The number of benzene rings is 1. The van der Waals surface area contributed by atoms with Crippen LogP contribution in [0.4, 0.5) is 5.69 Å². The molecule has 1 amide bonds. The Balaban J connectivity index is 1.54. The number of hydrogen-bond acceptors (Lipinski definition) is 5. The number of aryl methyl sites for hydroxylation is 1. The Bertz CT molecular complexity index is 1140. The van der Waals surface area contributed by atoms with Gasteiger partial charge in [0.2, 0.25) is 0 Å². The molecule has 3 aliphatic rings. The zero-order chi connectivity index (χ0) is 24.3. The fourth-order valence-electron chi connectivity index (χ4n) is 5.22. The van der Waals surface area contributed by atoms with Gasteiger partial charge in [0.1, 0.15) is 6.61 Å². The lowest BCUT2D eigenvalue weighted by Gasteiger charge is -2.32.